The van der Waals surface area contributed by atoms with Crippen LogP contribution in [-0.4, -0.2) is 58.6 Å². The van der Waals surface area contributed by atoms with E-state index in [1.165, 1.54) is 0 Å². The molecule has 0 aromatic carbocycles. The zero-order valence-corrected chi connectivity index (χ0v) is 19.2. The molecule has 1 saturated heterocycles. The number of rotatable bonds is 5. The standard InChI is InChI=1S/C24H27N5O4/c1-14(2)22-21(15(3)33-28-22)24(31)29-10-11-32-20(13-29)18-7-5-6-17(27-18)16-8-9-19(26-12-16)23(30)25-4/h5-9,12,14,20H,10-11,13H2,1-4H3,(H,25,30)/t20-/m0/s1. The number of carbonyl (C=O) groups excluding carboxylic acids is 2. The highest BCUT2D eigenvalue weighted by Gasteiger charge is 2.31. The van der Waals surface area contributed by atoms with Crippen LogP contribution in [0, 0.1) is 6.92 Å². The summed E-state index contributed by atoms with van der Waals surface area (Å²) in [6.45, 7) is 7.02. The molecule has 3 aromatic rings. The maximum atomic E-state index is 13.3. The van der Waals surface area contributed by atoms with Crippen molar-refractivity contribution in [3.8, 4) is 11.3 Å². The minimum absolute atomic E-state index is 0.0833. The lowest BCUT2D eigenvalue weighted by Gasteiger charge is -2.33. The molecule has 0 bridgehead atoms. The predicted molar refractivity (Wildman–Crippen MR) is 121 cm³/mol. The first-order valence-electron chi connectivity index (χ1n) is 10.9. The summed E-state index contributed by atoms with van der Waals surface area (Å²) in [5.74, 6) is 0.266. The van der Waals surface area contributed by atoms with Gasteiger partial charge in [-0.2, -0.15) is 0 Å². The second-order valence-corrected chi connectivity index (χ2v) is 8.22. The van der Waals surface area contributed by atoms with Crippen molar-refractivity contribution in [1.82, 2.24) is 25.3 Å². The summed E-state index contributed by atoms with van der Waals surface area (Å²) in [5, 5.41) is 6.63. The number of nitrogens with zero attached hydrogens (tertiary/aromatic N) is 4. The van der Waals surface area contributed by atoms with Crippen LogP contribution in [0.3, 0.4) is 0 Å². The highest BCUT2D eigenvalue weighted by Crippen LogP contribution is 2.28. The molecule has 1 aliphatic heterocycles. The third-order valence-corrected chi connectivity index (χ3v) is 5.62. The van der Waals surface area contributed by atoms with Crippen LogP contribution in [0.25, 0.3) is 11.3 Å². The van der Waals surface area contributed by atoms with E-state index in [1.54, 1.807) is 31.1 Å². The Labute approximate surface area is 192 Å². The fourth-order valence-electron chi connectivity index (χ4n) is 3.81. The van der Waals surface area contributed by atoms with E-state index in [9.17, 15) is 9.59 Å². The maximum Gasteiger partial charge on any atom is 0.269 e. The van der Waals surface area contributed by atoms with Crippen molar-refractivity contribution in [1.29, 1.82) is 0 Å². The number of aromatic nitrogens is 3. The van der Waals surface area contributed by atoms with E-state index in [2.05, 4.69) is 15.5 Å². The Hall–Kier alpha value is -3.59. The summed E-state index contributed by atoms with van der Waals surface area (Å²) >= 11 is 0. The monoisotopic (exact) mass is 449 g/mol. The first-order chi connectivity index (χ1) is 15.9. The summed E-state index contributed by atoms with van der Waals surface area (Å²) in [6.07, 6.45) is 1.26. The van der Waals surface area contributed by atoms with Crippen molar-refractivity contribution in [3.05, 3.63) is 64.9 Å². The number of nitrogens with one attached hydrogen (secondary N) is 1. The highest BCUT2D eigenvalue weighted by atomic mass is 16.5. The molecule has 9 heteroatoms. The van der Waals surface area contributed by atoms with Crippen LogP contribution in [0.15, 0.2) is 41.1 Å². The molecule has 33 heavy (non-hydrogen) atoms. The topological polar surface area (TPSA) is 110 Å². The molecule has 0 aliphatic carbocycles. The summed E-state index contributed by atoms with van der Waals surface area (Å²) in [5.41, 5.74) is 3.78. The fraction of sp³-hybridized carbons (Fsp3) is 0.375. The van der Waals surface area contributed by atoms with E-state index in [0.29, 0.717) is 48.1 Å². The lowest BCUT2D eigenvalue weighted by atomic mass is 10.0. The lowest BCUT2D eigenvalue weighted by molar-refractivity contribution is -0.0247. The molecule has 4 rings (SSSR count). The summed E-state index contributed by atoms with van der Waals surface area (Å²) in [4.78, 5) is 35.7. The van der Waals surface area contributed by atoms with Crippen LogP contribution >= 0.6 is 0 Å². The molecule has 3 aromatic heterocycles. The van der Waals surface area contributed by atoms with Crippen LogP contribution in [-0.2, 0) is 4.74 Å². The van der Waals surface area contributed by atoms with Crippen molar-refractivity contribution in [2.75, 3.05) is 26.7 Å². The van der Waals surface area contributed by atoms with Gasteiger partial charge in [0.05, 0.1) is 30.2 Å². The Morgan fingerprint density at radius 3 is 2.73 bits per heavy atom. The van der Waals surface area contributed by atoms with Crippen LogP contribution in [0.4, 0.5) is 0 Å². The van der Waals surface area contributed by atoms with Gasteiger partial charge >= 0.3 is 0 Å². The van der Waals surface area contributed by atoms with E-state index in [-0.39, 0.29) is 23.8 Å². The molecule has 9 nitrogen and oxygen atoms in total. The Balaban J connectivity index is 1.54. The van der Waals surface area contributed by atoms with Gasteiger partial charge in [0.25, 0.3) is 11.8 Å². The number of morpholine rings is 1. The normalized spacial score (nSPS) is 16.2. The maximum absolute atomic E-state index is 13.3. The molecule has 0 unspecified atom stereocenters. The van der Waals surface area contributed by atoms with Crippen molar-refractivity contribution < 1.29 is 18.8 Å². The van der Waals surface area contributed by atoms with Gasteiger partial charge < -0.3 is 19.5 Å². The second-order valence-electron chi connectivity index (χ2n) is 8.22. The van der Waals surface area contributed by atoms with Gasteiger partial charge in [-0.25, -0.2) is 4.98 Å². The summed E-state index contributed by atoms with van der Waals surface area (Å²) in [7, 11) is 1.56. The zero-order chi connectivity index (χ0) is 23.5. The molecular formula is C24H27N5O4. The van der Waals surface area contributed by atoms with Crippen molar-refractivity contribution in [2.45, 2.75) is 32.8 Å². The minimum atomic E-state index is -0.358. The van der Waals surface area contributed by atoms with Gasteiger partial charge in [0, 0.05) is 25.4 Å². The van der Waals surface area contributed by atoms with Gasteiger partial charge in [0.1, 0.15) is 23.1 Å². The van der Waals surface area contributed by atoms with E-state index >= 15 is 0 Å². The largest absolute Gasteiger partial charge is 0.368 e. The average Bonchev–Trinajstić information content (AvgIpc) is 3.25. The van der Waals surface area contributed by atoms with Crippen molar-refractivity contribution >= 4 is 11.8 Å². The molecule has 172 valence electrons. The fourth-order valence-corrected chi connectivity index (χ4v) is 3.81. The summed E-state index contributed by atoms with van der Waals surface area (Å²) in [6, 6.07) is 9.13. The quantitative estimate of drug-likeness (QED) is 0.637. The van der Waals surface area contributed by atoms with Gasteiger partial charge in [-0.15, -0.1) is 0 Å². The minimum Gasteiger partial charge on any atom is -0.368 e. The highest BCUT2D eigenvalue weighted by molar-refractivity contribution is 5.96. The number of pyridine rings is 2. The SMILES string of the molecule is CNC(=O)c1ccc(-c2cccc([C@@H]3CN(C(=O)c4c(C(C)C)noc4C)CCO3)n2)cn1. The second kappa shape index (κ2) is 9.50. The molecule has 2 amide bonds. The van der Waals surface area contributed by atoms with Crippen molar-refractivity contribution in [3.63, 3.8) is 0 Å². The van der Waals surface area contributed by atoms with Crippen LogP contribution in [0.2, 0.25) is 0 Å². The van der Waals surface area contributed by atoms with Gasteiger partial charge in [-0.3, -0.25) is 14.6 Å². The molecular weight excluding hydrogens is 422 g/mol. The molecule has 0 saturated carbocycles. The first-order valence-corrected chi connectivity index (χ1v) is 10.9. The molecule has 0 radical (unpaired) electrons. The lowest BCUT2D eigenvalue weighted by Crippen LogP contribution is -2.42. The van der Waals surface area contributed by atoms with Crippen molar-refractivity contribution in [2.24, 2.45) is 0 Å². The molecule has 4 heterocycles. The molecule has 1 fully saturated rings. The third kappa shape index (κ3) is 4.63. The Bertz CT molecular complexity index is 1160. The number of amides is 2. The number of aryl methyl sites for hydroxylation is 1. The Morgan fingerprint density at radius 1 is 1.21 bits per heavy atom. The third-order valence-electron chi connectivity index (χ3n) is 5.62. The van der Waals surface area contributed by atoms with E-state index in [1.807, 2.05) is 38.1 Å². The van der Waals surface area contributed by atoms with Crippen LogP contribution < -0.4 is 5.32 Å². The van der Waals surface area contributed by atoms with Crippen LogP contribution in [0.5, 0.6) is 0 Å². The smallest absolute Gasteiger partial charge is 0.269 e. The number of hydrogen-bond acceptors (Lipinski definition) is 7. The molecule has 0 spiro atoms. The molecule has 1 aliphatic rings. The Morgan fingerprint density at radius 2 is 2.03 bits per heavy atom. The van der Waals surface area contributed by atoms with E-state index < -0.39 is 0 Å². The van der Waals surface area contributed by atoms with Crippen LogP contribution in [0.1, 0.15) is 63.9 Å². The van der Waals surface area contributed by atoms with E-state index in [0.717, 1.165) is 11.3 Å². The number of ether oxygens (including phenoxy) is 1. The first kappa shape index (κ1) is 22.6. The molecule has 1 atom stereocenters. The number of hydrogen-bond donors (Lipinski definition) is 1. The Kier molecular flexibility index (Phi) is 6.50. The predicted octanol–water partition coefficient (Wildman–Crippen LogP) is 3.14. The van der Waals surface area contributed by atoms with Gasteiger partial charge in [0.15, 0.2) is 0 Å². The average molecular weight is 450 g/mol. The number of carbonyl (C=O) groups is 2. The van der Waals surface area contributed by atoms with Gasteiger partial charge in [0.2, 0.25) is 0 Å². The van der Waals surface area contributed by atoms with Gasteiger partial charge in [-0.05, 0) is 37.1 Å². The molecule has 1 N–H and O–H groups in total. The van der Waals surface area contributed by atoms with E-state index in [4.69, 9.17) is 14.2 Å². The summed E-state index contributed by atoms with van der Waals surface area (Å²) < 4.78 is 11.3. The van der Waals surface area contributed by atoms with Gasteiger partial charge in [-0.1, -0.05) is 25.1 Å². The zero-order valence-electron chi connectivity index (χ0n) is 19.2.